The summed E-state index contributed by atoms with van der Waals surface area (Å²) in [5, 5.41) is 6.58. The molecule has 1 unspecified atom stereocenters. The van der Waals surface area contributed by atoms with E-state index in [0.717, 1.165) is 11.1 Å². The molecule has 3 rings (SSSR count). The summed E-state index contributed by atoms with van der Waals surface area (Å²) in [7, 11) is 0. The van der Waals surface area contributed by atoms with Gasteiger partial charge in [0.2, 0.25) is 5.90 Å². The molecular formula is C19H20N2O4. The average molecular weight is 340 g/mol. The van der Waals surface area contributed by atoms with Gasteiger partial charge in [-0.3, -0.25) is 0 Å². The third-order valence-corrected chi connectivity index (χ3v) is 3.64. The molecular weight excluding hydrogens is 320 g/mol. The van der Waals surface area contributed by atoms with Gasteiger partial charge in [0.15, 0.2) is 6.10 Å². The van der Waals surface area contributed by atoms with Gasteiger partial charge in [0, 0.05) is 0 Å². The first-order valence-corrected chi connectivity index (χ1v) is 8.13. The molecule has 2 aromatic carbocycles. The van der Waals surface area contributed by atoms with Gasteiger partial charge in [-0.05, 0) is 11.1 Å². The third kappa shape index (κ3) is 5.53. The van der Waals surface area contributed by atoms with Crippen molar-refractivity contribution >= 4 is 12.0 Å². The number of nitrogens with one attached hydrogen (secondary N) is 1. The maximum atomic E-state index is 11.7. The highest BCUT2D eigenvalue weighted by Gasteiger charge is 2.23. The minimum atomic E-state index is -0.480. The van der Waals surface area contributed by atoms with E-state index in [1.54, 1.807) is 0 Å². The quantitative estimate of drug-likeness (QED) is 0.876. The fraction of sp³-hybridized carbons (Fsp3) is 0.263. The number of amides is 1. The molecule has 0 saturated heterocycles. The number of ether oxygens (including phenoxy) is 2. The Morgan fingerprint density at radius 3 is 2.36 bits per heavy atom. The number of carbonyl (C=O) groups is 1. The predicted octanol–water partition coefficient (Wildman–Crippen LogP) is 3.23. The van der Waals surface area contributed by atoms with Crippen molar-refractivity contribution in [2.75, 3.05) is 6.54 Å². The van der Waals surface area contributed by atoms with Crippen molar-refractivity contribution in [1.29, 1.82) is 0 Å². The molecule has 0 aliphatic carbocycles. The number of nitrogens with zero attached hydrogens (tertiary/aromatic N) is 1. The molecule has 6 heteroatoms. The molecule has 1 N–H and O–H groups in total. The van der Waals surface area contributed by atoms with Crippen molar-refractivity contribution in [1.82, 2.24) is 5.32 Å². The Hall–Kier alpha value is -3.02. The predicted molar refractivity (Wildman–Crippen MR) is 92.8 cm³/mol. The third-order valence-electron chi connectivity index (χ3n) is 3.64. The van der Waals surface area contributed by atoms with Crippen LogP contribution >= 0.6 is 0 Å². The molecule has 2 aromatic rings. The topological polar surface area (TPSA) is 69.2 Å². The zero-order valence-electron chi connectivity index (χ0n) is 13.8. The summed E-state index contributed by atoms with van der Waals surface area (Å²) >= 11 is 0. The number of carbonyl (C=O) groups excluding carboxylic acids is 1. The SMILES string of the molecule is O=C(NCC1CC(OCc2ccccc2)=NO1)OCc1ccccc1. The van der Waals surface area contributed by atoms with Crippen LogP contribution in [-0.4, -0.2) is 24.6 Å². The summed E-state index contributed by atoms with van der Waals surface area (Å²) in [5.74, 6) is 0.535. The molecule has 1 aliphatic heterocycles. The molecule has 1 atom stereocenters. The smallest absolute Gasteiger partial charge is 0.407 e. The van der Waals surface area contributed by atoms with E-state index in [1.165, 1.54) is 0 Å². The fourth-order valence-corrected chi connectivity index (χ4v) is 2.31. The Labute approximate surface area is 146 Å². The zero-order valence-corrected chi connectivity index (χ0v) is 13.8. The van der Waals surface area contributed by atoms with E-state index < -0.39 is 6.09 Å². The number of alkyl carbamates (subject to hydrolysis) is 1. The molecule has 1 amide bonds. The van der Waals surface area contributed by atoms with E-state index >= 15 is 0 Å². The van der Waals surface area contributed by atoms with Crippen LogP contribution in [0.25, 0.3) is 0 Å². The largest absolute Gasteiger partial charge is 0.474 e. The van der Waals surface area contributed by atoms with Gasteiger partial charge in [0.05, 0.1) is 13.0 Å². The van der Waals surface area contributed by atoms with Gasteiger partial charge in [0.1, 0.15) is 13.2 Å². The monoisotopic (exact) mass is 340 g/mol. The van der Waals surface area contributed by atoms with Crippen LogP contribution in [0.4, 0.5) is 4.79 Å². The second-order valence-corrected chi connectivity index (χ2v) is 5.63. The molecule has 0 aromatic heterocycles. The van der Waals surface area contributed by atoms with Gasteiger partial charge in [-0.1, -0.05) is 65.8 Å². The van der Waals surface area contributed by atoms with Crippen molar-refractivity contribution in [2.45, 2.75) is 25.7 Å². The summed E-state index contributed by atoms with van der Waals surface area (Å²) in [5.41, 5.74) is 2.01. The van der Waals surface area contributed by atoms with Crippen molar-refractivity contribution in [3.05, 3.63) is 71.8 Å². The van der Waals surface area contributed by atoms with Crippen molar-refractivity contribution < 1.29 is 19.1 Å². The normalized spacial score (nSPS) is 15.8. The molecule has 1 heterocycles. The summed E-state index contributed by atoms with van der Waals surface area (Å²) in [6.45, 7) is 0.998. The van der Waals surface area contributed by atoms with Crippen LogP contribution in [0.2, 0.25) is 0 Å². The summed E-state index contributed by atoms with van der Waals surface area (Å²) in [4.78, 5) is 17.0. The lowest BCUT2D eigenvalue weighted by molar-refractivity contribution is 0.0794. The molecule has 1 aliphatic rings. The Morgan fingerprint density at radius 2 is 1.68 bits per heavy atom. The fourth-order valence-electron chi connectivity index (χ4n) is 2.31. The lowest BCUT2D eigenvalue weighted by atomic mass is 10.2. The van der Waals surface area contributed by atoms with E-state index in [-0.39, 0.29) is 12.7 Å². The van der Waals surface area contributed by atoms with Crippen molar-refractivity contribution in [3.63, 3.8) is 0 Å². The van der Waals surface area contributed by atoms with Crippen LogP contribution < -0.4 is 5.32 Å². The molecule has 0 fully saturated rings. The van der Waals surface area contributed by atoms with E-state index in [9.17, 15) is 4.79 Å². The summed E-state index contributed by atoms with van der Waals surface area (Å²) in [6, 6.07) is 19.4. The van der Waals surface area contributed by atoms with Gasteiger partial charge in [0.25, 0.3) is 0 Å². The van der Waals surface area contributed by atoms with Crippen molar-refractivity contribution in [3.8, 4) is 0 Å². The van der Waals surface area contributed by atoms with Crippen LogP contribution in [0.3, 0.4) is 0 Å². The maximum absolute atomic E-state index is 11.7. The number of hydrogen-bond acceptors (Lipinski definition) is 5. The second kappa shape index (κ2) is 8.73. The van der Waals surface area contributed by atoms with Crippen molar-refractivity contribution in [2.24, 2.45) is 5.16 Å². The van der Waals surface area contributed by atoms with Gasteiger partial charge in [-0.25, -0.2) is 4.79 Å². The van der Waals surface area contributed by atoms with Crippen LogP contribution in [0.1, 0.15) is 17.5 Å². The second-order valence-electron chi connectivity index (χ2n) is 5.63. The van der Waals surface area contributed by atoms with E-state index in [1.807, 2.05) is 60.7 Å². The first kappa shape index (κ1) is 16.8. The molecule has 25 heavy (non-hydrogen) atoms. The summed E-state index contributed by atoms with van der Waals surface area (Å²) < 4.78 is 10.8. The Kier molecular flexibility index (Phi) is 5.87. The minimum Gasteiger partial charge on any atom is -0.474 e. The van der Waals surface area contributed by atoms with Crippen LogP contribution in [0, 0.1) is 0 Å². The van der Waals surface area contributed by atoms with Crippen LogP contribution in [0.5, 0.6) is 0 Å². The van der Waals surface area contributed by atoms with Gasteiger partial charge >= 0.3 is 6.09 Å². The van der Waals surface area contributed by atoms with Gasteiger partial charge < -0.3 is 19.6 Å². The van der Waals surface area contributed by atoms with Gasteiger partial charge in [-0.15, -0.1) is 0 Å². The Morgan fingerprint density at radius 1 is 1.04 bits per heavy atom. The molecule has 0 bridgehead atoms. The van der Waals surface area contributed by atoms with Crippen LogP contribution in [0.15, 0.2) is 65.8 Å². The first-order chi connectivity index (χ1) is 12.3. The number of rotatable bonds is 6. The first-order valence-electron chi connectivity index (χ1n) is 8.13. The number of benzene rings is 2. The zero-order chi connectivity index (χ0) is 17.3. The molecule has 130 valence electrons. The Balaban J connectivity index is 1.31. The Bertz CT molecular complexity index is 704. The molecule has 6 nitrogen and oxygen atoms in total. The number of oxime groups is 1. The van der Waals surface area contributed by atoms with E-state index in [2.05, 4.69) is 10.5 Å². The minimum absolute atomic E-state index is 0.236. The number of hydrogen-bond donors (Lipinski definition) is 1. The molecule has 0 radical (unpaired) electrons. The highest BCUT2D eigenvalue weighted by atomic mass is 16.7. The summed E-state index contributed by atoms with van der Waals surface area (Å²) in [6.07, 6.45) is -0.202. The highest BCUT2D eigenvalue weighted by molar-refractivity contribution is 5.77. The van der Waals surface area contributed by atoms with E-state index in [4.69, 9.17) is 14.3 Å². The van der Waals surface area contributed by atoms with Crippen LogP contribution in [-0.2, 0) is 27.5 Å². The lowest BCUT2D eigenvalue weighted by Crippen LogP contribution is -2.32. The van der Waals surface area contributed by atoms with E-state index in [0.29, 0.717) is 25.5 Å². The average Bonchev–Trinajstić information content (AvgIpc) is 3.13. The van der Waals surface area contributed by atoms with Gasteiger partial charge in [-0.2, -0.15) is 0 Å². The molecule has 0 saturated carbocycles. The lowest BCUT2D eigenvalue weighted by Gasteiger charge is -2.10. The molecule has 0 spiro atoms. The maximum Gasteiger partial charge on any atom is 0.407 e. The standard InChI is InChI=1S/C19H20N2O4/c22-19(24-14-16-9-5-2-6-10-16)20-12-17-11-18(21-25-17)23-13-15-7-3-1-4-8-15/h1-10,17H,11-14H2,(H,20,22). The highest BCUT2D eigenvalue weighted by Crippen LogP contribution is 2.12.